The van der Waals surface area contributed by atoms with Crippen molar-refractivity contribution in [3.63, 3.8) is 0 Å². The molecule has 3 aliphatic heterocycles. The van der Waals surface area contributed by atoms with Crippen LogP contribution in [0.25, 0.3) is 0 Å². The van der Waals surface area contributed by atoms with E-state index in [2.05, 4.69) is 5.32 Å². The molecule has 0 aliphatic carbocycles. The van der Waals surface area contributed by atoms with Crippen LogP contribution in [0.4, 0.5) is 5.69 Å². The highest BCUT2D eigenvalue weighted by Gasteiger charge is 2.37. The quantitative estimate of drug-likeness (QED) is 0.765. The van der Waals surface area contributed by atoms with Crippen LogP contribution in [0.5, 0.6) is 5.75 Å². The normalized spacial score (nSPS) is 25.2. The molecule has 170 valence electrons. The van der Waals surface area contributed by atoms with Gasteiger partial charge in [-0.25, -0.2) is 8.42 Å². The van der Waals surface area contributed by atoms with Gasteiger partial charge in [-0.1, -0.05) is 12.8 Å². The van der Waals surface area contributed by atoms with Crippen LogP contribution in [0, 0.1) is 12.8 Å². The van der Waals surface area contributed by atoms with Crippen molar-refractivity contribution in [2.45, 2.75) is 63.4 Å². The first kappa shape index (κ1) is 22.1. The Morgan fingerprint density at radius 3 is 2.52 bits per heavy atom. The van der Waals surface area contributed by atoms with Crippen molar-refractivity contribution in [3.05, 3.63) is 17.7 Å². The molecule has 4 rings (SSSR count). The van der Waals surface area contributed by atoms with E-state index in [4.69, 9.17) is 4.74 Å². The molecule has 8 nitrogen and oxygen atoms in total. The molecule has 0 bridgehead atoms. The van der Waals surface area contributed by atoms with Gasteiger partial charge in [0.05, 0.1) is 16.5 Å². The summed E-state index contributed by atoms with van der Waals surface area (Å²) in [6.07, 6.45) is 5.03. The largest absolute Gasteiger partial charge is 0.479 e. The van der Waals surface area contributed by atoms with Gasteiger partial charge in [0, 0.05) is 32.2 Å². The summed E-state index contributed by atoms with van der Waals surface area (Å²) in [6, 6.07) is 3.13. The van der Waals surface area contributed by atoms with Crippen LogP contribution in [0.2, 0.25) is 0 Å². The van der Waals surface area contributed by atoms with Gasteiger partial charge in [-0.2, -0.15) is 4.31 Å². The molecule has 2 saturated heterocycles. The van der Waals surface area contributed by atoms with Crippen molar-refractivity contribution in [2.75, 3.05) is 31.5 Å². The molecule has 0 radical (unpaired) electrons. The highest BCUT2D eigenvalue weighted by atomic mass is 32.2. The number of fused-ring (bicyclic) bond motifs is 1. The number of piperidine rings is 1. The molecule has 2 amide bonds. The van der Waals surface area contributed by atoms with Crippen LogP contribution >= 0.6 is 0 Å². The number of hydrogen-bond donors (Lipinski definition) is 1. The molecule has 1 aromatic carbocycles. The second-order valence-corrected chi connectivity index (χ2v) is 10.7. The zero-order chi connectivity index (χ0) is 22.2. The van der Waals surface area contributed by atoms with Crippen molar-refractivity contribution in [2.24, 2.45) is 5.92 Å². The van der Waals surface area contributed by atoms with Crippen LogP contribution in [0.3, 0.4) is 0 Å². The summed E-state index contributed by atoms with van der Waals surface area (Å²) in [4.78, 5) is 27.0. The van der Waals surface area contributed by atoms with E-state index in [1.165, 1.54) is 10.4 Å². The predicted octanol–water partition coefficient (Wildman–Crippen LogP) is 2.52. The molecule has 2 atom stereocenters. The molecule has 3 aliphatic rings. The Bertz CT molecular complexity index is 970. The topological polar surface area (TPSA) is 96.0 Å². The Morgan fingerprint density at radius 1 is 1.10 bits per heavy atom. The fourth-order valence-corrected chi connectivity index (χ4v) is 6.42. The minimum atomic E-state index is -3.79. The number of carbonyl (C=O) groups is 2. The Morgan fingerprint density at radius 2 is 1.81 bits per heavy atom. The Labute approximate surface area is 184 Å². The first-order valence-electron chi connectivity index (χ1n) is 11.2. The maximum atomic E-state index is 13.5. The van der Waals surface area contributed by atoms with Crippen molar-refractivity contribution >= 4 is 27.5 Å². The smallest absolute Gasteiger partial charge is 0.265 e. The second-order valence-electron chi connectivity index (χ2n) is 8.80. The lowest BCUT2D eigenvalue weighted by atomic mass is 9.98. The standard InChI is InChI=1S/C22H31N3O5S/c1-15-12-18-19(30-16(2)21(26)23-18)13-20(15)31(28,29)25-11-7-8-17(14-25)22(27)24-9-5-3-4-6-10-24/h12-13,16-17H,3-11,14H2,1-2H3,(H,23,26)/t16-,17+/m1/s1. The SMILES string of the molecule is Cc1cc2c(cc1S(=O)(=O)N1CCC[C@H](C(=O)N3CCCCCC3)C1)O[C@H](C)C(=O)N2. The van der Waals surface area contributed by atoms with Crippen LogP contribution in [-0.4, -0.2) is 61.7 Å². The third kappa shape index (κ3) is 4.43. The summed E-state index contributed by atoms with van der Waals surface area (Å²) >= 11 is 0. The van der Waals surface area contributed by atoms with Gasteiger partial charge in [-0.3, -0.25) is 9.59 Å². The number of nitrogens with zero attached hydrogens (tertiary/aromatic N) is 2. The first-order valence-corrected chi connectivity index (χ1v) is 12.6. The number of ether oxygens (including phenoxy) is 1. The molecule has 1 aromatic rings. The number of aryl methyl sites for hydroxylation is 1. The van der Waals surface area contributed by atoms with Gasteiger partial charge >= 0.3 is 0 Å². The minimum Gasteiger partial charge on any atom is -0.479 e. The molecular formula is C22H31N3O5S. The molecule has 9 heteroatoms. The average molecular weight is 450 g/mol. The fourth-order valence-electron chi connectivity index (χ4n) is 4.67. The van der Waals surface area contributed by atoms with Crippen molar-refractivity contribution in [1.82, 2.24) is 9.21 Å². The van der Waals surface area contributed by atoms with Crippen molar-refractivity contribution < 1.29 is 22.7 Å². The summed E-state index contributed by atoms with van der Waals surface area (Å²) in [6.45, 7) is 5.48. The molecule has 0 unspecified atom stereocenters. The maximum absolute atomic E-state index is 13.5. The van der Waals surface area contributed by atoms with E-state index in [0.29, 0.717) is 30.0 Å². The number of anilines is 1. The highest BCUT2D eigenvalue weighted by molar-refractivity contribution is 7.89. The number of rotatable bonds is 3. The second kappa shape index (κ2) is 8.78. The van der Waals surface area contributed by atoms with Crippen molar-refractivity contribution in [1.29, 1.82) is 0 Å². The molecule has 0 saturated carbocycles. The van der Waals surface area contributed by atoms with Gasteiger partial charge in [-0.05, 0) is 51.2 Å². The van der Waals surface area contributed by atoms with E-state index in [0.717, 1.165) is 45.2 Å². The lowest BCUT2D eigenvalue weighted by Crippen LogP contribution is -2.47. The van der Waals surface area contributed by atoms with E-state index in [9.17, 15) is 18.0 Å². The monoisotopic (exact) mass is 449 g/mol. The van der Waals surface area contributed by atoms with E-state index < -0.39 is 16.1 Å². The van der Waals surface area contributed by atoms with Gasteiger partial charge in [0.25, 0.3) is 5.91 Å². The van der Waals surface area contributed by atoms with Gasteiger partial charge in [0.2, 0.25) is 15.9 Å². The number of hydrogen-bond acceptors (Lipinski definition) is 5. The summed E-state index contributed by atoms with van der Waals surface area (Å²) in [7, 11) is -3.79. The zero-order valence-corrected chi connectivity index (χ0v) is 19.0. The Balaban J connectivity index is 1.55. The van der Waals surface area contributed by atoms with Gasteiger partial charge in [-0.15, -0.1) is 0 Å². The number of amides is 2. The molecule has 3 heterocycles. The lowest BCUT2D eigenvalue weighted by molar-refractivity contribution is -0.136. The number of nitrogens with one attached hydrogen (secondary N) is 1. The van der Waals surface area contributed by atoms with Crippen LogP contribution in [0.15, 0.2) is 17.0 Å². The average Bonchev–Trinajstić information content (AvgIpc) is 3.03. The van der Waals surface area contributed by atoms with Crippen LogP contribution in [0.1, 0.15) is 51.0 Å². The summed E-state index contributed by atoms with van der Waals surface area (Å²) < 4.78 is 34.1. The lowest BCUT2D eigenvalue weighted by Gasteiger charge is -2.34. The van der Waals surface area contributed by atoms with Crippen molar-refractivity contribution in [3.8, 4) is 5.75 Å². The van der Waals surface area contributed by atoms with Crippen LogP contribution < -0.4 is 10.1 Å². The molecule has 1 N–H and O–H groups in total. The van der Waals surface area contributed by atoms with Gasteiger partial charge < -0.3 is 15.0 Å². The molecular weight excluding hydrogens is 418 g/mol. The van der Waals surface area contributed by atoms with Gasteiger partial charge in [0.1, 0.15) is 5.75 Å². The number of likely N-dealkylation sites (tertiary alicyclic amines) is 1. The number of benzene rings is 1. The maximum Gasteiger partial charge on any atom is 0.265 e. The molecule has 2 fully saturated rings. The van der Waals surface area contributed by atoms with E-state index in [1.54, 1.807) is 19.9 Å². The van der Waals surface area contributed by atoms with E-state index in [1.807, 2.05) is 4.90 Å². The number of sulfonamides is 1. The Hall–Kier alpha value is -2.13. The highest BCUT2D eigenvalue weighted by Crippen LogP contribution is 2.36. The molecule has 0 spiro atoms. The van der Waals surface area contributed by atoms with Gasteiger partial charge in [0.15, 0.2) is 6.10 Å². The molecule has 0 aromatic heterocycles. The van der Waals surface area contributed by atoms with E-state index in [-0.39, 0.29) is 29.2 Å². The third-order valence-electron chi connectivity index (χ3n) is 6.48. The minimum absolute atomic E-state index is 0.0869. The number of carbonyl (C=O) groups excluding carboxylic acids is 2. The predicted molar refractivity (Wildman–Crippen MR) is 116 cm³/mol. The molecule has 31 heavy (non-hydrogen) atoms. The zero-order valence-electron chi connectivity index (χ0n) is 18.2. The summed E-state index contributed by atoms with van der Waals surface area (Å²) in [5.74, 6) is -0.113. The summed E-state index contributed by atoms with van der Waals surface area (Å²) in [5, 5.41) is 2.75. The van der Waals surface area contributed by atoms with E-state index >= 15 is 0 Å². The Kier molecular flexibility index (Phi) is 6.25. The fraction of sp³-hybridized carbons (Fsp3) is 0.636. The first-order chi connectivity index (χ1) is 14.8. The van der Waals surface area contributed by atoms with Crippen LogP contribution in [-0.2, 0) is 19.6 Å². The third-order valence-corrected chi connectivity index (χ3v) is 8.48. The summed E-state index contributed by atoms with van der Waals surface area (Å²) in [5.41, 5.74) is 1.02.